The quantitative estimate of drug-likeness (QED) is 0.685. The highest BCUT2D eigenvalue weighted by Gasteiger charge is 2.02. The minimum absolute atomic E-state index is 0.0124. The van der Waals surface area contributed by atoms with Crippen molar-refractivity contribution in [3.63, 3.8) is 0 Å². The van der Waals surface area contributed by atoms with Gasteiger partial charge in [0.05, 0.1) is 12.1 Å². The van der Waals surface area contributed by atoms with Gasteiger partial charge < -0.3 is 4.57 Å². The van der Waals surface area contributed by atoms with Gasteiger partial charge in [0.2, 0.25) is 0 Å². The Morgan fingerprint density at radius 1 is 1.00 bits per heavy atom. The van der Waals surface area contributed by atoms with E-state index in [1.165, 1.54) is 0 Å². The molecular weight excluding hydrogens is 224 g/mol. The predicted molar refractivity (Wildman–Crippen MR) is 71.5 cm³/mol. The molecule has 3 aromatic rings. The summed E-state index contributed by atoms with van der Waals surface area (Å²) < 4.78 is 1.70. The number of aromatic nitrogens is 2. The van der Waals surface area contributed by atoms with E-state index in [4.69, 9.17) is 0 Å². The van der Waals surface area contributed by atoms with Crippen LogP contribution in [-0.4, -0.2) is 9.55 Å². The average Bonchev–Trinajstić information content (AvgIpc) is 2.42. The zero-order valence-corrected chi connectivity index (χ0v) is 9.78. The Bertz CT molecular complexity index is 741. The molecule has 0 aliphatic carbocycles. The number of hydrogen-bond acceptors (Lipinski definition) is 2. The van der Waals surface area contributed by atoms with Crippen LogP contribution in [0.25, 0.3) is 10.9 Å². The molecule has 1 aromatic carbocycles. The standard InChI is InChI=1S/C15H12N2O/c18-15-7-3-4-10-17(15)11-12-8-9-16-14-6-2-1-5-13(12)14/h1-10H,11H2. The van der Waals surface area contributed by atoms with Crippen molar-refractivity contribution in [3.05, 3.63) is 76.8 Å². The summed E-state index contributed by atoms with van der Waals surface area (Å²) in [5.41, 5.74) is 2.08. The fourth-order valence-corrected chi connectivity index (χ4v) is 2.07. The fourth-order valence-electron chi connectivity index (χ4n) is 2.07. The van der Waals surface area contributed by atoms with Crippen molar-refractivity contribution < 1.29 is 0 Å². The van der Waals surface area contributed by atoms with E-state index in [2.05, 4.69) is 4.98 Å². The number of pyridine rings is 2. The summed E-state index contributed by atoms with van der Waals surface area (Å²) in [6, 6.07) is 15.1. The van der Waals surface area contributed by atoms with Crippen LogP contribution in [0, 0.1) is 0 Å². The van der Waals surface area contributed by atoms with Crippen LogP contribution in [0.3, 0.4) is 0 Å². The first-order valence-electron chi connectivity index (χ1n) is 5.83. The van der Waals surface area contributed by atoms with Gasteiger partial charge in [0.15, 0.2) is 0 Å². The lowest BCUT2D eigenvalue weighted by molar-refractivity contribution is 0.763. The number of nitrogens with zero attached hydrogens (tertiary/aromatic N) is 2. The van der Waals surface area contributed by atoms with E-state index in [1.807, 2.05) is 36.4 Å². The molecule has 18 heavy (non-hydrogen) atoms. The fraction of sp³-hybridized carbons (Fsp3) is 0.0667. The van der Waals surface area contributed by atoms with Crippen molar-refractivity contribution in [1.82, 2.24) is 9.55 Å². The summed E-state index contributed by atoms with van der Waals surface area (Å²) >= 11 is 0. The van der Waals surface area contributed by atoms with E-state index in [0.29, 0.717) is 6.54 Å². The molecule has 0 spiro atoms. The molecule has 0 radical (unpaired) electrons. The van der Waals surface area contributed by atoms with Gasteiger partial charge in [-0.15, -0.1) is 0 Å². The Hall–Kier alpha value is -2.42. The maximum absolute atomic E-state index is 11.7. The highest BCUT2D eigenvalue weighted by Crippen LogP contribution is 2.16. The van der Waals surface area contributed by atoms with Crippen molar-refractivity contribution in [2.24, 2.45) is 0 Å². The molecule has 0 aliphatic rings. The Kier molecular flexibility index (Phi) is 2.65. The third-order valence-corrected chi connectivity index (χ3v) is 2.98. The number of rotatable bonds is 2. The van der Waals surface area contributed by atoms with Gasteiger partial charge in [0.25, 0.3) is 5.56 Å². The van der Waals surface area contributed by atoms with Crippen molar-refractivity contribution >= 4 is 10.9 Å². The first kappa shape index (κ1) is 10.7. The van der Waals surface area contributed by atoms with Gasteiger partial charge in [-0.2, -0.15) is 0 Å². The number of para-hydroxylation sites is 1. The lowest BCUT2D eigenvalue weighted by atomic mass is 10.1. The zero-order valence-electron chi connectivity index (χ0n) is 9.78. The topological polar surface area (TPSA) is 34.9 Å². The molecule has 0 N–H and O–H groups in total. The van der Waals surface area contributed by atoms with Gasteiger partial charge in [-0.05, 0) is 23.8 Å². The maximum Gasteiger partial charge on any atom is 0.250 e. The second-order valence-electron chi connectivity index (χ2n) is 4.15. The van der Waals surface area contributed by atoms with Crippen molar-refractivity contribution in [1.29, 1.82) is 0 Å². The van der Waals surface area contributed by atoms with Crippen LogP contribution in [0.2, 0.25) is 0 Å². The second-order valence-corrected chi connectivity index (χ2v) is 4.15. The average molecular weight is 236 g/mol. The first-order valence-corrected chi connectivity index (χ1v) is 5.83. The van der Waals surface area contributed by atoms with Crippen molar-refractivity contribution in [3.8, 4) is 0 Å². The van der Waals surface area contributed by atoms with E-state index in [-0.39, 0.29) is 5.56 Å². The molecule has 3 nitrogen and oxygen atoms in total. The van der Waals surface area contributed by atoms with Gasteiger partial charge in [-0.25, -0.2) is 0 Å². The molecule has 0 amide bonds. The normalized spacial score (nSPS) is 10.7. The Morgan fingerprint density at radius 2 is 1.83 bits per heavy atom. The number of benzene rings is 1. The Morgan fingerprint density at radius 3 is 2.72 bits per heavy atom. The van der Waals surface area contributed by atoms with E-state index in [0.717, 1.165) is 16.5 Å². The summed E-state index contributed by atoms with van der Waals surface area (Å²) in [5, 5.41) is 1.09. The molecule has 3 rings (SSSR count). The van der Waals surface area contributed by atoms with Crippen LogP contribution in [0.1, 0.15) is 5.56 Å². The van der Waals surface area contributed by atoms with Crippen LogP contribution < -0.4 is 5.56 Å². The van der Waals surface area contributed by atoms with E-state index >= 15 is 0 Å². The smallest absolute Gasteiger partial charge is 0.250 e. The third kappa shape index (κ3) is 1.91. The minimum atomic E-state index is 0.0124. The predicted octanol–water partition coefficient (Wildman–Crippen LogP) is 2.44. The molecule has 0 atom stereocenters. The monoisotopic (exact) mass is 236 g/mol. The molecule has 2 heterocycles. The third-order valence-electron chi connectivity index (χ3n) is 2.98. The largest absolute Gasteiger partial charge is 0.311 e. The molecule has 0 saturated heterocycles. The number of fused-ring (bicyclic) bond motifs is 1. The highest BCUT2D eigenvalue weighted by atomic mass is 16.1. The van der Waals surface area contributed by atoms with Crippen LogP contribution in [-0.2, 0) is 6.54 Å². The van der Waals surface area contributed by atoms with Gasteiger partial charge in [0, 0.05) is 23.8 Å². The highest BCUT2D eigenvalue weighted by molar-refractivity contribution is 5.81. The van der Waals surface area contributed by atoms with Crippen molar-refractivity contribution in [2.75, 3.05) is 0 Å². The van der Waals surface area contributed by atoms with Crippen LogP contribution in [0.15, 0.2) is 65.7 Å². The maximum atomic E-state index is 11.7. The van der Waals surface area contributed by atoms with Gasteiger partial charge in [-0.1, -0.05) is 24.3 Å². The molecule has 88 valence electrons. The molecule has 0 fully saturated rings. The summed E-state index contributed by atoms with van der Waals surface area (Å²) in [7, 11) is 0. The molecular formula is C15H12N2O. The van der Waals surface area contributed by atoms with E-state index in [1.54, 1.807) is 29.1 Å². The zero-order chi connectivity index (χ0) is 12.4. The molecule has 3 heteroatoms. The molecule has 0 unspecified atom stereocenters. The summed E-state index contributed by atoms with van der Waals surface area (Å²) in [5.74, 6) is 0. The van der Waals surface area contributed by atoms with Crippen LogP contribution >= 0.6 is 0 Å². The Labute approximate surface area is 104 Å². The van der Waals surface area contributed by atoms with Crippen LogP contribution in [0.5, 0.6) is 0 Å². The van der Waals surface area contributed by atoms with Gasteiger partial charge >= 0.3 is 0 Å². The molecule has 0 bridgehead atoms. The lowest BCUT2D eigenvalue weighted by Crippen LogP contribution is -2.18. The molecule has 0 saturated carbocycles. The van der Waals surface area contributed by atoms with Crippen molar-refractivity contribution in [2.45, 2.75) is 6.54 Å². The van der Waals surface area contributed by atoms with E-state index in [9.17, 15) is 4.79 Å². The molecule has 2 aromatic heterocycles. The van der Waals surface area contributed by atoms with Gasteiger partial charge in [0.1, 0.15) is 0 Å². The number of hydrogen-bond donors (Lipinski definition) is 0. The summed E-state index contributed by atoms with van der Waals surface area (Å²) in [4.78, 5) is 16.0. The SMILES string of the molecule is O=c1ccccn1Cc1ccnc2ccccc12. The lowest BCUT2D eigenvalue weighted by Gasteiger charge is -2.08. The summed E-state index contributed by atoms with van der Waals surface area (Å²) in [6.07, 6.45) is 3.59. The van der Waals surface area contributed by atoms with E-state index < -0.39 is 0 Å². The summed E-state index contributed by atoms with van der Waals surface area (Å²) in [6.45, 7) is 0.572. The first-order chi connectivity index (χ1) is 8.84. The van der Waals surface area contributed by atoms with Crippen LogP contribution in [0.4, 0.5) is 0 Å². The van der Waals surface area contributed by atoms with Gasteiger partial charge in [-0.3, -0.25) is 9.78 Å². The second kappa shape index (κ2) is 4.45. The molecule has 0 aliphatic heterocycles. The Balaban J connectivity index is 2.11. The minimum Gasteiger partial charge on any atom is -0.311 e.